The summed E-state index contributed by atoms with van der Waals surface area (Å²) < 4.78 is 16.4. The maximum atomic E-state index is 12.0. The number of benzene rings is 2. The molecule has 0 aliphatic carbocycles. The number of thioether (sulfide) groups is 1. The van der Waals surface area contributed by atoms with Crippen LogP contribution < -0.4 is 9.47 Å². The Morgan fingerprint density at radius 3 is 2.68 bits per heavy atom. The largest absolute Gasteiger partial charge is 0.454 e. The summed E-state index contributed by atoms with van der Waals surface area (Å²) in [6.07, 6.45) is 0. The van der Waals surface area contributed by atoms with Crippen molar-refractivity contribution in [3.63, 3.8) is 0 Å². The molecule has 2 aromatic carbocycles. The van der Waals surface area contributed by atoms with E-state index >= 15 is 0 Å². The van der Waals surface area contributed by atoms with Crippen LogP contribution in [0.4, 0.5) is 0 Å². The number of ketones is 1. The van der Waals surface area contributed by atoms with Crippen LogP contribution in [0.1, 0.15) is 17.7 Å². The number of hydrogen-bond acceptors (Lipinski definition) is 7. The smallest absolute Gasteiger partial charge is 0.277 e. The molecule has 3 aromatic rings. The van der Waals surface area contributed by atoms with Crippen LogP contribution in [0, 0.1) is 0 Å². The van der Waals surface area contributed by atoms with Gasteiger partial charge in [0.25, 0.3) is 5.22 Å². The quantitative estimate of drug-likeness (QED) is 0.644. The summed E-state index contributed by atoms with van der Waals surface area (Å²) in [5, 5.41) is 8.09. The van der Waals surface area contributed by atoms with Gasteiger partial charge in [-0.2, -0.15) is 0 Å². The second kappa shape index (κ2) is 6.60. The number of carbonyl (C=O) groups is 1. The van der Waals surface area contributed by atoms with Crippen molar-refractivity contribution in [2.24, 2.45) is 0 Å². The van der Waals surface area contributed by atoms with E-state index in [2.05, 4.69) is 10.2 Å². The number of ether oxygens (including phenoxy) is 2. The fourth-order valence-electron chi connectivity index (χ4n) is 2.52. The van der Waals surface area contributed by atoms with Gasteiger partial charge in [-0.15, -0.1) is 10.2 Å². The lowest BCUT2D eigenvalue weighted by atomic mass is 10.1. The maximum Gasteiger partial charge on any atom is 0.277 e. The topological polar surface area (TPSA) is 74.5 Å². The molecule has 0 bridgehead atoms. The van der Waals surface area contributed by atoms with Gasteiger partial charge < -0.3 is 13.9 Å². The lowest BCUT2D eigenvalue weighted by molar-refractivity contribution is -0.116. The van der Waals surface area contributed by atoms with Crippen LogP contribution in [0.2, 0.25) is 0 Å². The van der Waals surface area contributed by atoms with Gasteiger partial charge in [0.15, 0.2) is 11.5 Å². The number of carbonyl (C=O) groups excluding carboxylic acids is 1. The molecule has 0 radical (unpaired) electrons. The summed E-state index contributed by atoms with van der Waals surface area (Å²) in [7, 11) is 0. The molecule has 0 spiro atoms. The lowest BCUT2D eigenvalue weighted by Gasteiger charge is -2.10. The highest BCUT2D eigenvalue weighted by Crippen LogP contribution is 2.38. The van der Waals surface area contributed by atoms with Crippen molar-refractivity contribution in [3.8, 4) is 23.0 Å². The first kappa shape index (κ1) is 15.7. The molecule has 0 saturated carbocycles. The van der Waals surface area contributed by atoms with Gasteiger partial charge in [0.1, 0.15) is 5.78 Å². The highest BCUT2D eigenvalue weighted by atomic mass is 32.2. The van der Waals surface area contributed by atoms with Crippen LogP contribution in [0.5, 0.6) is 11.5 Å². The zero-order valence-corrected chi connectivity index (χ0v) is 14.2. The molecule has 4 rings (SSSR count). The van der Waals surface area contributed by atoms with E-state index in [1.165, 1.54) is 11.8 Å². The molecule has 1 atom stereocenters. The number of hydrogen-bond donors (Lipinski definition) is 0. The molecule has 1 aromatic heterocycles. The number of nitrogens with zero attached hydrogens (tertiary/aromatic N) is 2. The summed E-state index contributed by atoms with van der Waals surface area (Å²) in [6.45, 7) is 1.76. The maximum absolute atomic E-state index is 12.0. The van der Waals surface area contributed by atoms with Crippen molar-refractivity contribution in [2.45, 2.75) is 17.4 Å². The highest BCUT2D eigenvalue weighted by Gasteiger charge is 2.22. The van der Waals surface area contributed by atoms with Crippen LogP contribution in [0.25, 0.3) is 11.5 Å². The molecule has 2 heterocycles. The summed E-state index contributed by atoms with van der Waals surface area (Å²) in [5.41, 5.74) is 1.64. The van der Waals surface area contributed by atoms with E-state index in [1.807, 2.05) is 36.4 Å². The van der Waals surface area contributed by atoms with Crippen molar-refractivity contribution in [1.29, 1.82) is 0 Å². The second-order valence-electron chi connectivity index (χ2n) is 5.46. The molecule has 6 nitrogen and oxygen atoms in total. The van der Waals surface area contributed by atoms with Crippen LogP contribution in [0.3, 0.4) is 0 Å². The lowest BCUT2D eigenvalue weighted by Crippen LogP contribution is -2.04. The van der Waals surface area contributed by atoms with Gasteiger partial charge in [0.05, 0.1) is 5.25 Å². The van der Waals surface area contributed by atoms with E-state index in [0.29, 0.717) is 22.6 Å². The number of Topliss-reactive ketones (excluding diaryl/α,β-unsaturated/α-hetero) is 1. The first-order valence-electron chi connectivity index (χ1n) is 7.66. The average Bonchev–Trinajstić information content (AvgIpc) is 3.28. The first-order chi connectivity index (χ1) is 12.2. The third-order valence-corrected chi connectivity index (χ3v) is 4.92. The van der Waals surface area contributed by atoms with Crippen LogP contribution >= 0.6 is 11.8 Å². The standard InChI is InChI=1S/C18H14N2O4S/c1-11(21)16(12-5-3-2-4-6-12)25-18-20-19-17(24-18)13-7-8-14-15(9-13)23-10-22-14/h2-9,16H,10H2,1H3/t16-/m1/s1. The fraction of sp³-hybridized carbons (Fsp3) is 0.167. The van der Waals surface area contributed by atoms with E-state index in [0.717, 1.165) is 11.1 Å². The Balaban J connectivity index is 1.57. The predicted octanol–water partition coefficient (Wildman–Crippen LogP) is 3.89. The molecule has 0 saturated heterocycles. The Kier molecular flexibility index (Phi) is 4.15. The highest BCUT2D eigenvalue weighted by molar-refractivity contribution is 8.00. The SMILES string of the molecule is CC(=O)[C@@H](Sc1nnc(-c2ccc3c(c2)OCO3)o1)c1ccccc1. The van der Waals surface area contributed by atoms with E-state index < -0.39 is 0 Å². The summed E-state index contributed by atoms with van der Waals surface area (Å²) in [6, 6.07) is 15.0. The monoisotopic (exact) mass is 354 g/mol. The van der Waals surface area contributed by atoms with Crippen LogP contribution in [0.15, 0.2) is 58.2 Å². The Morgan fingerprint density at radius 1 is 1.08 bits per heavy atom. The van der Waals surface area contributed by atoms with Crippen molar-refractivity contribution in [1.82, 2.24) is 10.2 Å². The molecule has 1 aliphatic rings. The van der Waals surface area contributed by atoms with E-state index in [9.17, 15) is 4.79 Å². The summed E-state index contributed by atoms with van der Waals surface area (Å²) >= 11 is 1.25. The zero-order chi connectivity index (χ0) is 17.2. The average molecular weight is 354 g/mol. The van der Waals surface area contributed by atoms with Gasteiger partial charge in [-0.05, 0) is 42.4 Å². The number of fused-ring (bicyclic) bond motifs is 1. The molecule has 0 unspecified atom stereocenters. The molecule has 0 N–H and O–H groups in total. The normalized spacial score (nSPS) is 13.6. The van der Waals surface area contributed by atoms with Crippen LogP contribution in [-0.2, 0) is 4.79 Å². The third-order valence-electron chi connectivity index (χ3n) is 3.72. The Morgan fingerprint density at radius 2 is 1.88 bits per heavy atom. The minimum atomic E-state index is -0.383. The minimum absolute atomic E-state index is 0.0269. The number of rotatable bonds is 5. The van der Waals surface area contributed by atoms with Crippen molar-refractivity contribution in [2.75, 3.05) is 6.79 Å². The number of aromatic nitrogens is 2. The first-order valence-corrected chi connectivity index (χ1v) is 8.54. The Hall–Kier alpha value is -2.80. The van der Waals surface area contributed by atoms with E-state index in [4.69, 9.17) is 13.9 Å². The molecule has 25 heavy (non-hydrogen) atoms. The molecule has 1 aliphatic heterocycles. The predicted molar refractivity (Wildman–Crippen MR) is 91.6 cm³/mol. The van der Waals surface area contributed by atoms with Gasteiger partial charge in [0, 0.05) is 5.56 Å². The third kappa shape index (κ3) is 3.23. The minimum Gasteiger partial charge on any atom is -0.454 e. The van der Waals surface area contributed by atoms with Gasteiger partial charge in [0.2, 0.25) is 12.7 Å². The van der Waals surface area contributed by atoms with Gasteiger partial charge >= 0.3 is 0 Å². The van der Waals surface area contributed by atoms with Gasteiger partial charge in [-0.25, -0.2) is 0 Å². The molecule has 0 fully saturated rings. The molecule has 0 amide bonds. The Bertz CT molecular complexity index is 910. The molecular formula is C18H14N2O4S. The summed E-state index contributed by atoms with van der Waals surface area (Å²) in [5.74, 6) is 1.74. The fourth-order valence-corrected chi connectivity index (χ4v) is 3.39. The molecule has 7 heteroatoms. The Labute approximate surface area is 148 Å². The van der Waals surface area contributed by atoms with Gasteiger partial charge in [-0.1, -0.05) is 30.3 Å². The zero-order valence-electron chi connectivity index (χ0n) is 13.3. The van der Waals surface area contributed by atoms with Crippen LogP contribution in [-0.4, -0.2) is 22.8 Å². The van der Waals surface area contributed by atoms with Gasteiger partial charge in [-0.3, -0.25) is 4.79 Å². The molecular weight excluding hydrogens is 340 g/mol. The van der Waals surface area contributed by atoms with Crippen molar-refractivity contribution < 1.29 is 18.7 Å². The van der Waals surface area contributed by atoms with Crippen molar-refractivity contribution >= 4 is 17.5 Å². The van der Waals surface area contributed by atoms with E-state index in [-0.39, 0.29) is 17.8 Å². The van der Waals surface area contributed by atoms with E-state index in [1.54, 1.807) is 19.1 Å². The molecule has 126 valence electrons. The van der Waals surface area contributed by atoms with Crippen molar-refractivity contribution in [3.05, 3.63) is 54.1 Å². The second-order valence-corrected chi connectivity index (χ2v) is 6.52. The summed E-state index contributed by atoms with van der Waals surface area (Å²) in [4.78, 5) is 12.0.